The third-order valence-corrected chi connectivity index (χ3v) is 2.91. The number of benzene rings is 1. The van der Waals surface area contributed by atoms with Crippen LogP contribution < -0.4 is 5.32 Å². The summed E-state index contributed by atoms with van der Waals surface area (Å²) < 4.78 is 1.88. The molecule has 3 heteroatoms. The molecule has 0 saturated carbocycles. The van der Waals surface area contributed by atoms with Crippen LogP contribution in [-0.2, 0) is 7.05 Å². The molecule has 16 heavy (non-hydrogen) atoms. The quantitative estimate of drug-likeness (QED) is 0.853. The van der Waals surface area contributed by atoms with Crippen LogP contribution in [-0.4, -0.2) is 9.78 Å². The smallest absolute Gasteiger partial charge is 0.0760 e. The predicted octanol–water partition coefficient (Wildman–Crippen LogP) is 2.90. The molecule has 2 aromatic rings. The van der Waals surface area contributed by atoms with Crippen LogP contribution >= 0.6 is 0 Å². The zero-order valence-electron chi connectivity index (χ0n) is 9.94. The Hall–Kier alpha value is -1.77. The molecule has 0 radical (unpaired) electrons. The molecule has 0 fully saturated rings. The van der Waals surface area contributed by atoms with Crippen molar-refractivity contribution in [1.82, 2.24) is 9.78 Å². The van der Waals surface area contributed by atoms with E-state index in [-0.39, 0.29) is 0 Å². The Morgan fingerprint density at radius 1 is 1.25 bits per heavy atom. The zero-order valence-corrected chi connectivity index (χ0v) is 9.94. The molecule has 0 bridgehead atoms. The Labute approximate surface area is 96.1 Å². The van der Waals surface area contributed by atoms with Crippen LogP contribution in [0, 0.1) is 6.92 Å². The fourth-order valence-electron chi connectivity index (χ4n) is 1.70. The average molecular weight is 215 g/mol. The van der Waals surface area contributed by atoms with Crippen LogP contribution in [0.25, 0.3) is 0 Å². The Bertz CT molecular complexity index is 459. The van der Waals surface area contributed by atoms with Gasteiger partial charge in [-0.2, -0.15) is 5.10 Å². The summed E-state index contributed by atoms with van der Waals surface area (Å²) in [6.07, 6.45) is 1.87. The van der Waals surface area contributed by atoms with Gasteiger partial charge in [0.2, 0.25) is 0 Å². The fourth-order valence-corrected chi connectivity index (χ4v) is 1.70. The molecule has 1 unspecified atom stereocenters. The van der Waals surface area contributed by atoms with Gasteiger partial charge in [0.05, 0.1) is 17.6 Å². The van der Waals surface area contributed by atoms with Crippen LogP contribution in [0.1, 0.15) is 24.2 Å². The summed E-state index contributed by atoms with van der Waals surface area (Å²) in [4.78, 5) is 0. The van der Waals surface area contributed by atoms with Gasteiger partial charge in [0.15, 0.2) is 0 Å². The van der Waals surface area contributed by atoms with E-state index in [0.717, 1.165) is 11.4 Å². The van der Waals surface area contributed by atoms with Crippen molar-refractivity contribution in [2.24, 2.45) is 7.05 Å². The monoisotopic (exact) mass is 215 g/mol. The standard InChI is InChI=1S/C13H17N3/c1-10(12-7-5-4-6-8-12)15-13-9-14-16(3)11(13)2/h4-10,15H,1-3H3. The highest BCUT2D eigenvalue weighted by atomic mass is 15.3. The minimum Gasteiger partial charge on any atom is -0.376 e. The molecular formula is C13H17N3. The number of nitrogens with one attached hydrogen (secondary N) is 1. The number of nitrogens with zero attached hydrogens (tertiary/aromatic N) is 2. The van der Waals surface area contributed by atoms with E-state index in [9.17, 15) is 0 Å². The second kappa shape index (κ2) is 4.39. The van der Waals surface area contributed by atoms with Gasteiger partial charge in [0.25, 0.3) is 0 Å². The first-order valence-corrected chi connectivity index (χ1v) is 5.48. The van der Waals surface area contributed by atoms with E-state index >= 15 is 0 Å². The molecule has 1 aromatic heterocycles. The van der Waals surface area contributed by atoms with Gasteiger partial charge < -0.3 is 5.32 Å². The van der Waals surface area contributed by atoms with E-state index in [1.54, 1.807) is 0 Å². The number of hydrogen-bond donors (Lipinski definition) is 1. The van der Waals surface area contributed by atoms with E-state index in [4.69, 9.17) is 0 Å². The highest BCUT2D eigenvalue weighted by molar-refractivity contribution is 5.47. The van der Waals surface area contributed by atoms with E-state index in [1.807, 2.05) is 24.0 Å². The lowest BCUT2D eigenvalue weighted by Crippen LogP contribution is -2.07. The predicted molar refractivity (Wildman–Crippen MR) is 66.4 cm³/mol. The maximum absolute atomic E-state index is 4.22. The van der Waals surface area contributed by atoms with Crippen molar-refractivity contribution in [3.63, 3.8) is 0 Å². The van der Waals surface area contributed by atoms with Crippen molar-refractivity contribution < 1.29 is 0 Å². The van der Waals surface area contributed by atoms with Crippen LogP contribution in [0.2, 0.25) is 0 Å². The van der Waals surface area contributed by atoms with Gasteiger partial charge in [-0.3, -0.25) is 4.68 Å². The molecule has 1 heterocycles. The van der Waals surface area contributed by atoms with Crippen LogP contribution in [0.15, 0.2) is 36.5 Å². The molecule has 3 nitrogen and oxygen atoms in total. The maximum atomic E-state index is 4.22. The van der Waals surface area contributed by atoms with Crippen molar-refractivity contribution in [2.75, 3.05) is 5.32 Å². The molecule has 1 N–H and O–H groups in total. The maximum Gasteiger partial charge on any atom is 0.0760 e. The summed E-state index contributed by atoms with van der Waals surface area (Å²) >= 11 is 0. The van der Waals surface area contributed by atoms with Gasteiger partial charge in [0.1, 0.15) is 0 Å². The van der Waals surface area contributed by atoms with E-state index in [2.05, 4.69) is 48.5 Å². The molecule has 0 aliphatic heterocycles. The topological polar surface area (TPSA) is 29.9 Å². The lowest BCUT2D eigenvalue weighted by atomic mass is 10.1. The summed E-state index contributed by atoms with van der Waals surface area (Å²) in [6, 6.07) is 10.7. The number of aryl methyl sites for hydroxylation is 1. The first-order chi connectivity index (χ1) is 7.68. The van der Waals surface area contributed by atoms with Gasteiger partial charge >= 0.3 is 0 Å². The molecular weight excluding hydrogens is 198 g/mol. The molecule has 84 valence electrons. The van der Waals surface area contributed by atoms with Gasteiger partial charge in [-0.05, 0) is 19.4 Å². The van der Waals surface area contributed by atoms with Crippen molar-refractivity contribution in [1.29, 1.82) is 0 Å². The Balaban J connectivity index is 2.14. The Kier molecular flexibility index (Phi) is 2.95. The van der Waals surface area contributed by atoms with Crippen LogP contribution in [0.5, 0.6) is 0 Å². The van der Waals surface area contributed by atoms with Crippen LogP contribution in [0.4, 0.5) is 5.69 Å². The van der Waals surface area contributed by atoms with Crippen molar-refractivity contribution >= 4 is 5.69 Å². The zero-order chi connectivity index (χ0) is 11.5. The lowest BCUT2D eigenvalue weighted by Gasteiger charge is -2.14. The summed E-state index contributed by atoms with van der Waals surface area (Å²) in [6.45, 7) is 4.22. The molecule has 0 spiro atoms. The lowest BCUT2D eigenvalue weighted by molar-refractivity contribution is 0.739. The number of rotatable bonds is 3. The van der Waals surface area contributed by atoms with E-state index in [1.165, 1.54) is 5.56 Å². The van der Waals surface area contributed by atoms with Crippen molar-refractivity contribution in [3.05, 3.63) is 47.8 Å². The fraction of sp³-hybridized carbons (Fsp3) is 0.308. The van der Waals surface area contributed by atoms with E-state index < -0.39 is 0 Å². The summed E-state index contributed by atoms with van der Waals surface area (Å²) in [5, 5.41) is 7.68. The normalized spacial score (nSPS) is 12.4. The minimum absolute atomic E-state index is 0.295. The molecule has 0 aliphatic rings. The SMILES string of the molecule is Cc1c(NC(C)c2ccccc2)cnn1C. The molecule has 0 saturated heterocycles. The number of aromatic nitrogens is 2. The van der Waals surface area contributed by atoms with Gasteiger partial charge in [-0.1, -0.05) is 30.3 Å². The van der Waals surface area contributed by atoms with Crippen LogP contribution in [0.3, 0.4) is 0 Å². The third-order valence-electron chi connectivity index (χ3n) is 2.91. The summed E-state index contributed by atoms with van der Waals surface area (Å²) in [5.74, 6) is 0. The van der Waals surface area contributed by atoms with Gasteiger partial charge in [0, 0.05) is 13.1 Å². The minimum atomic E-state index is 0.295. The molecule has 1 atom stereocenters. The first kappa shape index (κ1) is 10.7. The number of hydrogen-bond acceptors (Lipinski definition) is 2. The van der Waals surface area contributed by atoms with Crippen molar-refractivity contribution in [2.45, 2.75) is 19.9 Å². The number of anilines is 1. The Morgan fingerprint density at radius 2 is 1.94 bits per heavy atom. The third kappa shape index (κ3) is 2.08. The van der Waals surface area contributed by atoms with E-state index in [0.29, 0.717) is 6.04 Å². The van der Waals surface area contributed by atoms with Crippen molar-refractivity contribution in [3.8, 4) is 0 Å². The van der Waals surface area contributed by atoms with Gasteiger partial charge in [-0.25, -0.2) is 0 Å². The average Bonchev–Trinajstić information content (AvgIpc) is 2.62. The van der Waals surface area contributed by atoms with Gasteiger partial charge in [-0.15, -0.1) is 0 Å². The molecule has 1 aromatic carbocycles. The Morgan fingerprint density at radius 3 is 2.50 bits per heavy atom. The molecule has 0 aliphatic carbocycles. The summed E-state index contributed by atoms with van der Waals surface area (Å²) in [7, 11) is 1.95. The highest BCUT2D eigenvalue weighted by Gasteiger charge is 2.08. The first-order valence-electron chi connectivity index (χ1n) is 5.48. The molecule has 2 rings (SSSR count). The largest absolute Gasteiger partial charge is 0.376 e. The summed E-state index contributed by atoms with van der Waals surface area (Å²) in [5.41, 5.74) is 3.53. The second-order valence-corrected chi connectivity index (χ2v) is 4.04. The second-order valence-electron chi connectivity index (χ2n) is 4.04. The molecule has 0 amide bonds. The highest BCUT2D eigenvalue weighted by Crippen LogP contribution is 2.20.